The van der Waals surface area contributed by atoms with Crippen molar-refractivity contribution in [3.63, 3.8) is 0 Å². The smallest absolute Gasteiger partial charge is 0.227 e. The molecule has 1 fully saturated rings. The number of amides is 1. The SMILES string of the molecule is O=C(Nc1cccc(-n2cnnn2)c1)C1CCCC1. The lowest BCUT2D eigenvalue weighted by atomic mass is 10.1. The van der Waals surface area contributed by atoms with Crippen LogP contribution in [0.2, 0.25) is 0 Å². The average molecular weight is 257 g/mol. The summed E-state index contributed by atoms with van der Waals surface area (Å²) >= 11 is 0. The largest absolute Gasteiger partial charge is 0.326 e. The number of hydrogen-bond acceptors (Lipinski definition) is 4. The van der Waals surface area contributed by atoms with Crippen LogP contribution in [-0.2, 0) is 4.79 Å². The molecule has 0 saturated heterocycles. The lowest BCUT2D eigenvalue weighted by Gasteiger charge is -2.11. The van der Waals surface area contributed by atoms with E-state index in [9.17, 15) is 4.79 Å². The summed E-state index contributed by atoms with van der Waals surface area (Å²) in [7, 11) is 0. The minimum atomic E-state index is 0.117. The van der Waals surface area contributed by atoms with E-state index >= 15 is 0 Å². The van der Waals surface area contributed by atoms with Gasteiger partial charge in [-0.2, -0.15) is 0 Å². The summed E-state index contributed by atoms with van der Waals surface area (Å²) in [6, 6.07) is 7.51. The van der Waals surface area contributed by atoms with Gasteiger partial charge in [0.25, 0.3) is 0 Å². The summed E-state index contributed by atoms with van der Waals surface area (Å²) in [6.07, 6.45) is 5.83. The van der Waals surface area contributed by atoms with Crippen LogP contribution in [0.5, 0.6) is 0 Å². The van der Waals surface area contributed by atoms with Crippen molar-refractivity contribution in [1.29, 1.82) is 0 Å². The number of benzene rings is 1. The lowest BCUT2D eigenvalue weighted by molar-refractivity contribution is -0.119. The van der Waals surface area contributed by atoms with E-state index < -0.39 is 0 Å². The van der Waals surface area contributed by atoms with Crippen molar-refractivity contribution in [2.24, 2.45) is 5.92 Å². The van der Waals surface area contributed by atoms with Crippen molar-refractivity contribution < 1.29 is 4.79 Å². The van der Waals surface area contributed by atoms with Gasteiger partial charge in [-0.1, -0.05) is 18.9 Å². The normalized spacial score (nSPS) is 15.6. The van der Waals surface area contributed by atoms with Gasteiger partial charge in [-0.05, 0) is 41.5 Å². The van der Waals surface area contributed by atoms with Crippen molar-refractivity contribution in [2.45, 2.75) is 25.7 Å². The minimum Gasteiger partial charge on any atom is -0.326 e. The van der Waals surface area contributed by atoms with Crippen molar-refractivity contribution in [3.8, 4) is 5.69 Å². The Bertz CT molecular complexity index is 560. The van der Waals surface area contributed by atoms with Gasteiger partial charge < -0.3 is 5.32 Å². The van der Waals surface area contributed by atoms with Crippen molar-refractivity contribution in [1.82, 2.24) is 20.2 Å². The fourth-order valence-corrected chi connectivity index (χ4v) is 2.44. The van der Waals surface area contributed by atoms with E-state index in [4.69, 9.17) is 0 Å². The molecule has 6 nitrogen and oxygen atoms in total. The Kier molecular flexibility index (Phi) is 3.22. The number of hydrogen-bond donors (Lipinski definition) is 1. The topological polar surface area (TPSA) is 72.7 Å². The van der Waals surface area contributed by atoms with Gasteiger partial charge in [-0.15, -0.1) is 5.10 Å². The van der Waals surface area contributed by atoms with Crippen LogP contribution in [-0.4, -0.2) is 26.1 Å². The van der Waals surface area contributed by atoms with E-state index in [0.29, 0.717) is 0 Å². The van der Waals surface area contributed by atoms with Gasteiger partial charge >= 0.3 is 0 Å². The first-order valence-electron chi connectivity index (χ1n) is 6.47. The maximum Gasteiger partial charge on any atom is 0.227 e. The molecule has 1 N–H and O–H groups in total. The van der Waals surface area contributed by atoms with Crippen LogP contribution in [0.3, 0.4) is 0 Å². The van der Waals surface area contributed by atoms with Gasteiger partial charge in [0.15, 0.2) is 0 Å². The maximum atomic E-state index is 12.1. The number of nitrogens with zero attached hydrogens (tertiary/aromatic N) is 4. The third kappa shape index (κ3) is 2.62. The van der Waals surface area contributed by atoms with E-state index in [1.807, 2.05) is 24.3 Å². The third-order valence-corrected chi connectivity index (χ3v) is 3.45. The maximum absolute atomic E-state index is 12.1. The lowest BCUT2D eigenvalue weighted by Crippen LogP contribution is -2.20. The Balaban J connectivity index is 1.74. The molecule has 1 heterocycles. The highest BCUT2D eigenvalue weighted by molar-refractivity contribution is 5.92. The van der Waals surface area contributed by atoms with Gasteiger partial charge in [-0.25, -0.2) is 4.68 Å². The van der Waals surface area contributed by atoms with E-state index in [0.717, 1.165) is 37.1 Å². The molecule has 0 atom stereocenters. The zero-order valence-corrected chi connectivity index (χ0v) is 10.5. The Labute approximate surface area is 110 Å². The first-order valence-corrected chi connectivity index (χ1v) is 6.47. The molecule has 2 aromatic rings. The van der Waals surface area contributed by atoms with E-state index in [-0.39, 0.29) is 11.8 Å². The molecule has 6 heteroatoms. The minimum absolute atomic E-state index is 0.117. The summed E-state index contributed by atoms with van der Waals surface area (Å²) in [5.74, 6) is 0.281. The summed E-state index contributed by atoms with van der Waals surface area (Å²) in [6.45, 7) is 0. The van der Waals surface area contributed by atoms with E-state index in [1.165, 1.54) is 6.33 Å². The van der Waals surface area contributed by atoms with Crippen LogP contribution >= 0.6 is 0 Å². The Morgan fingerprint density at radius 2 is 2.16 bits per heavy atom. The predicted molar refractivity (Wildman–Crippen MR) is 69.7 cm³/mol. The van der Waals surface area contributed by atoms with Crippen LogP contribution in [0.15, 0.2) is 30.6 Å². The van der Waals surface area contributed by atoms with Crippen LogP contribution in [0, 0.1) is 5.92 Å². The molecule has 1 aliphatic carbocycles. The molecule has 0 aliphatic heterocycles. The van der Waals surface area contributed by atoms with E-state index in [1.54, 1.807) is 4.68 Å². The third-order valence-electron chi connectivity index (χ3n) is 3.45. The number of anilines is 1. The molecule has 1 saturated carbocycles. The number of tetrazole rings is 1. The van der Waals surface area contributed by atoms with Gasteiger partial charge in [0.1, 0.15) is 6.33 Å². The molecular formula is C13H15N5O. The molecule has 1 aromatic heterocycles. The van der Waals surface area contributed by atoms with Gasteiger partial charge in [-0.3, -0.25) is 4.79 Å². The summed E-state index contributed by atoms with van der Waals surface area (Å²) in [4.78, 5) is 12.1. The van der Waals surface area contributed by atoms with Crippen LogP contribution in [0.1, 0.15) is 25.7 Å². The number of aromatic nitrogens is 4. The van der Waals surface area contributed by atoms with Gasteiger partial charge in [0.2, 0.25) is 5.91 Å². The molecule has 0 radical (unpaired) electrons. The quantitative estimate of drug-likeness (QED) is 0.909. The molecular weight excluding hydrogens is 242 g/mol. The molecule has 19 heavy (non-hydrogen) atoms. The zero-order valence-electron chi connectivity index (χ0n) is 10.5. The summed E-state index contributed by atoms with van der Waals surface area (Å²) in [5, 5.41) is 14.0. The van der Waals surface area contributed by atoms with Crippen LogP contribution < -0.4 is 5.32 Å². The van der Waals surface area contributed by atoms with Crippen molar-refractivity contribution in [3.05, 3.63) is 30.6 Å². The highest BCUT2D eigenvalue weighted by Crippen LogP contribution is 2.26. The molecule has 1 aromatic carbocycles. The number of rotatable bonds is 3. The predicted octanol–water partition coefficient (Wildman–Crippen LogP) is 1.79. The molecule has 98 valence electrons. The highest BCUT2D eigenvalue weighted by atomic mass is 16.1. The molecule has 3 rings (SSSR count). The fraction of sp³-hybridized carbons (Fsp3) is 0.385. The second kappa shape index (κ2) is 5.17. The standard InChI is InChI=1S/C13H15N5O/c19-13(10-4-1-2-5-10)15-11-6-3-7-12(8-11)18-9-14-16-17-18/h3,6-10H,1-2,4-5H2,(H,15,19). The average Bonchev–Trinajstić information content (AvgIpc) is 3.13. The molecule has 0 bridgehead atoms. The second-order valence-corrected chi connectivity index (χ2v) is 4.78. The monoisotopic (exact) mass is 257 g/mol. The fourth-order valence-electron chi connectivity index (χ4n) is 2.44. The second-order valence-electron chi connectivity index (χ2n) is 4.78. The van der Waals surface area contributed by atoms with Crippen molar-refractivity contribution >= 4 is 11.6 Å². The Morgan fingerprint density at radius 1 is 1.32 bits per heavy atom. The highest BCUT2D eigenvalue weighted by Gasteiger charge is 2.22. The first kappa shape index (κ1) is 11.8. The molecule has 0 spiro atoms. The number of nitrogens with one attached hydrogen (secondary N) is 1. The molecule has 0 unspecified atom stereocenters. The first-order chi connectivity index (χ1) is 9.33. The van der Waals surface area contributed by atoms with Gasteiger partial charge in [0.05, 0.1) is 5.69 Å². The summed E-state index contributed by atoms with van der Waals surface area (Å²) in [5.41, 5.74) is 1.61. The van der Waals surface area contributed by atoms with Crippen LogP contribution in [0.4, 0.5) is 5.69 Å². The Morgan fingerprint density at radius 3 is 2.89 bits per heavy atom. The van der Waals surface area contributed by atoms with Crippen molar-refractivity contribution in [2.75, 3.05) is 5.32 Å². The van der Waals surface area contributed by atoms with Gasteiger partial charge in [0, 0.05) is 11.6 Å². The molecule has 1 aliphatic rings. The summed E-state index contributed by atoms with van der Waals surface area (Å²) < 4.78 is 1.56. The zero-order chi connectivity index (χ0) is 13.1. The number of carbonyl (C=O) groups excluding carboxylic acids is 1. The number of carbonyl (C=O) groups is 1. The van der Waals surface area contributed by atoms with Crippen LogP contribution in [0.25, 0.3) is 5.69 Å². The Hall–Kier alpha value is -2.24. The molecule has 1 amide bonds. The van der Waals surface area contributed by atoms with E-state index in [2.05, 4.69) is 20.8 Å².